The van der Waals surface area contributed by atoms with Crippen LogP contribution in [-0.4, -0.2) is 6.54 Å². The second kappa shape index (κ2) is 5.55. The minimum atomic E-state index is 0.329. The number of benzene rings is 2. The summed E-state index contributed by atoms with van der Waals surface area (Å²) < 4.78 is 0. The highest BCUT2D eigenvalue weighted by molar-refractivity contribution is 6.39. The summed E-state index contributed by atoms with van der Waals surface area (Å²) in [6.07, 6.45) is 2.25. The molecular formula is C16H16Cl2N2. The monoisotopic (exact) mass is 306 g/mol. The lowest BCUT2D eigenvalue weighted by Gasteiger charge is -2.29. The largest absolute Gasteiger partial charge is 0.399 e. The number of hydrogen-bond acceptors (Lipinski definition) is 2. The van der Waals surface area contributed by atoms with Crippen LogP contribution < -0.4 is 10.6 Å². The Morgan fingerprint density at radius 3 is 2.35 bits per heavy atom. The Hall–Kier alpha value is -1.38. The molecule has 2 nitrogen and oxygen atoms in total. The molecule has 104 valence electrons. The molecule has 2 aromatic rings. The topological polar surface area (TPSA) is 29.3 Å². The van der Waals surface area contributed by atoms with Crippen molar-refractivity contribution in [3.8, 4) is 0 Å². The normalized spacial score (nSPS) is 18.5. The van der Waals surface area contributed by atoms with E-state index in [0.29, 0.717) is 21.8 Å². The molecule has 0 radical (unpaired) electrons. The van der Waals surface area contributed by atoms with E-state index in [1.807, 2.05) is 6.07 Å². The fourth-order valence-electron chi connectivity index (χ4n) is 2.92. The van der Waals surface area contributed by atoms with Gasteiger partial charge in [0.1, 0.15) is 0 Å². The maximum Gasteiger partial charge on any atom is 0.0751 e. The van der Waals surface area contributed by atoms with Crippen molar-refractivity contribution in [2.24, 2.45) is 0 Å². The minimum absolute atomic E-state index is 0.329. The zero-order chi connectivity index (χ0) is 14.1. The van der Waals surface area contributed by atoms with Gasteiger partial charge < -0.3 is 10.6 Å². The summed E-state index contributed by atoms with van der Waals surface area (Å²) in [7, 11) is 0. The lowest BCUT2D eigenvalue weighted by molar-refractivity contribution is 0.719. The van der Waals surface area contributed by atoms with E-state index in [1.54, 1.807) is 12.1 Å². The van der Waals surface area contributed by atoms with Crippen LogP contribution in [0.15, 0.2) is 42.5 Å². The molecule has 1 unspecified atom stereocenters. The van der Waals surface area contributed by atoms with Gasteiger partial charge in [-0.15, -0.1) is 0 Å². The first-order chi connectivity index (χ1) is 9.66. The van der Waals surface area contributed by atoms with Crippen molar-refractivity contribution in [3.63, 3.8) is 0 Å². The van der Waals surface area contributed by atoms with Crippen molar-refractivity contribution in [1.82, 2.24) is 0 Å². The van der Waals surface area contributed by atoms with Gasteiger partial charge in [0.2, 0.25) is 0 Å². The molecule has 1 aliphatic rings. The van der Waals surface area contributed by atoms with E-state index >= 15 is 0 Å². The predicted molar refractivity (Wildman–Crippen MR) is 86.6 cm³/mol. The first kappa shape index (κ1) is 13.6. The Kier molecular flexibility index (Phi) is 3.77. The van der Waals surface area contributed by atoms with Gasteiger partial charge in [0.25, 0.3) is 0 Å². The van der Waals surface area contributed by atoms with Crippen LogP contribution in [-0.2, 0) is 0 Å². The fraction of sp³-hybridized carbons (Fsp3) is 0.250. The van der Waals surface area contributed by atoms with E-state index in [1.165, 1.54) is 5.56 Å². The molecule has 4 heteroatoms. The van der Waals surface area contributed by atoms with Crippen LogP contribution in [0.4, 0.5) is 11.4 Å². The van der Waals surface area contributed by atoms with Gasteiger partial charge in [0.15, 0.2) is 0 Å². The second-order valence-electron chi connectivity index (χ2n) is 5.10. The number of nitrogens with two attached hydrogens (primary N) is 1. The van der Waals surface area contributed by atoms with E-state index in [0.717, 1.165) is 25.1 Å². The van der Waals surface area contributed by atoms with Gasteiger partial charge in [-0.3, -0.25) is 0 Å². The van der Waals surface area contributed by atoms with Crippen LogP contribution in [0.5, 0.6) is 0 Å². The second-order valence-corrected chi connectivity index (χ2v) is 5.91. The summed E-state index contributed by atoms with van der Waals surface area (Å²) in [6.45, 7) is 0.961. The van der Waals surface area contributed by atoms with E-state index in [-0.39, 0.29) is 0 Å². The predicted octanol–water partition coefficient (Wildman–Crippen LogP) is 4.92. The average molecular weight is 307 g/mol. The van der Waals surface area contributed by atoms with Gasteiger partial charge in [0, 0.05) is 12.2 Å². The zero-order valence-corrected chi connectivity index (χ0v) is 12.5. The average Bonchev–Trinajstić information content (AvgIpc) is 2.87. The van der Waals surface area contributed by atoms with Gasteiger partial charge in [-0.2, -0.15) is 0 Å². The number of anilines is 2. The number of halogens is 2. The molecule has 0 amide bonds. The Morgan fingerprint density at radius 2 is 1.70 bits per heavy atom. The third-order valence-corrected chi connectivity index (χ3v) is 4.34. The Balaban J connectivity index is 2.01. The van der Waals surface area contributed by atoms with Gasteiger partial charge in [-0.25, -0.2) is 0 Å². The Bertz CT molecular complexity index is 590. The molecule has 2 aromatic carbocycles. The highest BCUT2D eigenvalue weighted by atomic mass is 35.5. The third kappa shape index (κ3) is 2.46. The SMILES string of the molecule is Nc1cc(Cl)c(N2CCCC2c2ccccc2)c(Cl)c1. The van der Waals surface area contributed by atoms with Crippen LogP contribution in [0.1, 0.15) is 24.4 Å². The maximum absolute atomic E-state index is 6.36. The summed E-state index contributed by atoms with van der Waals surface area (Å²) in [5.41, 5.74) is 8.58. The molecule has 0 aliphatic carbocycles. The molecule has 0 bridgehead atoms. The van der Waals surface area contributed by atoms with E-state index in [9.17, 15) is 0 Å². The number of nitrogen functional groups attached to an aromatic ring is 1. The molecule has 1 saturated heterocycles. The van der Waals surface area contributed by atoms with Crippen LogP contribution in [0, 0.1) is 0 Å². The van der Waals surface area contributed by atoms with Crippen LogP contribution in [0.2, 0.25) is 10.0 Å². The quantitative estimate of drug-likeness (QED) is 0.798. The van der Waals surface area contributed by atoms with Crippen molar-refractivity contribution >= 4 is 34.6 Å². The van der Waals surface area contributed by atoms with Crippen molar-refractivity contribution in [2.75, 3.05) is 17.2 Å². The van der Waals surface area contributed by atoms with Gasteiger partial charge in [0.05, 0.1) is 21.8 Å². The summed E-state index contributed by atoms with van der Waals surface area (Å²) in [5.74, 6) is 0. The van der Waals surface area contributed by atoms with Gasteiger partial charge in [-0.05, 0) is 30.5 Å². The van der Waals surface area contributed by atoms with Crippen LogP contribution >= 0.6 is 23.2 Å². The van der Waals surface area contributed by atoms with Crippen molar-refractivity contribution in [2.45, 2.75) is 18.9 Å². The lowest BCUT2D eigenvalue weighted by Crippen LogP contribution is -2.23. The summed E-state index contributed by atoms with van der Waals surface area (Å²) in [5, 5.41) is 1.25. The molecule has 1 fully saturated rings. The molecule has 1 aliphatic heterocycles. The molecule has 0 saturated carbocycles. The van der Waals surface area contributed by atoms with Gasteiger partial charge in [-0.1, -0.05) is 53.5 Å². The Morgan fingerprint density at radius 1 is 1.05 bits per heavy atom. The number of hydrogen-bond donors (Lipinski definition) is 1. The molecule has 1 heterocycles. The standard InChI is InChI=1S/C16H16Cl2N2/c17-13-9-12(19)10-14(18)16(13)20-8-4-7-15(20)11-5-2-1-3-6-11/h1-3,5-6,9-10,15H,4,7-8,19H2. The molecule has 0 spiro atoms. The summed E-state index contributed by atoms with van der Waals surface area (Å²) in [6, 6.07) is 14.3. The lowest BCUT2D eigenvalue weighted by atomic mass is 10.0. The first-order valence-corrected chi connectivity index (χ1v) is 7.48. The summed E-state index contributed by atoms with van der Waals surface area (Å²) >= 11 is 12.7. The number of rotatable bonds is 2. The van der Waals surface area contributed by atoms with E-state index in [4.69, 9.17) is 28.9 Å². The molecule has 3 rings (SSSR count). The summed E-state index contributed by atoms with van der Waals surface area (Å²) in [4.78, 5) is 2.29. The van der Waals surface area contributed by atoms with Crippen molar-refractivity contribution in [1.29, 1.82) is 0 Å². The molecule has 2 N–H and O–H groups in total. The molecule has 1 atom stereocenters. The molecule has 20 heavy (non-hydrogen) atoms. The van der Waals surface area contributed by atoms with E-state index in [2.05, 4.69) is 29.2 Å². The molecular weight excluding hydrogens is 291 g/mol. The zero-order valence-electron chi connectivity index (χ0n) is 11.0. The molecule has 0 aromatic heterocycles. The Labute approximate surface area is 129 Å². The van der Waals surface area contributed by atoms with E-state index < -0.39 is 0 Å². The third-order valence-electron chi connectivity index (χ3n) is 3.76. The number of nitrogens with zero attached hydrogens (tertiary/aromatic N) is 1. The highest BCUT2D eigenvalue weighted by Gasteiger charge is 2.29. The fourth-order valence-corrected chi connectivity index (χ4v) is 3.64. The van der Waals surface area contributed by atoms with Crippen LogP contribution in [0.25, 0.3) is 0 Å². The first-order valence-electron chi connectivity index (χ1n) is 6.73. The van der Waals surface area contributed by atoms with Crippen LogP contribution in [0.3, 0.4) is 0 Å². The highest BCUT2D eigenvalue weighted by Crippen LogP contribution is 2.43. The smallest absolute Gasteiger partial charge is 0.0751 e. The maximum atomic E-state index is 6.36. The minimum Gasteiger partial charge on any atom is -0.399 e. The van der Waals surface area contributed by atoms with Crippen molar-refractivity contribution < 1.29 is 0 Å². The van der Waals surface area contributed by atoms with Gasteiger partial charge >= 0.3 is 0 Å². The van der Waals surface area contributed by atoms with Crippen molar-refractivity contribution in [3.05, 3.63) is 58.1 Å².